The van der Waals surface area contributed by atoms with Crippen molar-refractivity contribution in [2.45, 2.75) is 6.92 Å². The van der Waals surface area contributed by atoms with Gasteiger partial charge in [-0.05, 0) is 14.0 Å². The first-order valence-electron chi connectivity index (χ1n) is 4.76. The van der Waals surface area contributed by atoms with E-state index >= 15 is 0 Å². The van der Waals surface area contributed by atoms with Crippen LogP contribution in [-0.4, -0.2) is 51.5 Å². The molecule has 0 N–H and O–H groups in total. The second kappa shape index (κ2) is 9.71. The Labute approximate surface area is 81.3 Å². The third kappa shape index (κ3) is 9.53. The average Bonchev–Trinajstić information content (AvgIpc) is 2.13. The number of likely N-dealkylation sites (N-methyl/N-ethyl adjacent to an activating group) is 1. The van der Waals surface area contributed by atoms with Gasteiger partial charge in [-0.1, -0.05) is 6.08 Å². The molecule has 0 atom stereocenters. The molecule has 0 aliphatic rings. The van der Waals surface area contributed by atoms with E-state index in [9.17, 15) is 0 Å². The van der Waals surface area contributed by atoms with E-state index in [4.69, 9.17) is 9.47 Å². The van der Waals surface area contributed by atoms with Crippen molar-refractivity contribution in [3.63, 3.8) is 0 Å². The van der Waals surface area contributed by atoms with Crippen molar-refractivity contribution in [2.24, 2.45) is 0 Å². The van der Waals surface area contributed by atoms with Gasteiger partial charge in [0.05, 0.1) is 19.8 Å². The minimum Gasteiger partial charge on any atom is -0.380 e. The molecule has 0 aliphatic heterocycles. The van der Waals surface area contributed by atoms with E-state index in [1.165, 1.54) is 0 Å². The fourth-order valence-corrected chi connectivity index (χ4v) is 0.864. The van der Waals surface area contributed by atoms with Crippen molar-refractivity contribution >= 4 is 0 Å². The normalized spacial score (nSPS) is 10.7. The SMILES string of the molecule is C=CCOCCN(C)CCOCC. The number of hydrogen-bond donors (Lipinski definition) is 0. The van der Waals surface area contributed by atoms with Crippen LogP contribution in [0.25, 0.3) is 0 Å². The molecule has 0 aromatic rings. The highest BCUT2D eigenvalue weighted by atomic mass is 16.5. The van der Waals surface area contributed by atoms with Crippen molar-refractivity contribution in [1.82, 2.24) is 4.90 Å². The molecule has 0 aliphatic carbocycles. The van der Waals surface area contributed by atoms with Crippen LogP contribution in [-0.2, 0) is 9.47 Å². The molecule has 3 nitrogen and oxygen atoms in total. The molecule has 3 heteroatoms. The maximum atomic E-state index is 5.26. The van der Waals surface area contributed by atoms with Crippen LogP contribution < -0.4 is 0 Å². The van der Waals surface area contributed by atoms with Gasteiger partial charge in [0.2, 0.25) is 0 Å². The van der Waals surface area contributed by atoms with E-state index < -0.39 is 0 Å². The van der Waals surface area contributed by atoms with Gasteiger partial charge in [0.25, 0.3) is 0 Å². The summed E-state index contributed by atoms with van der Waals surface area (Å²) in [5.41, 5.74) is 0. The second-order valence-corrected chi connectivity index (χ2v) is 2.86. The summed E-state index contributed by atoms with van der Waals surface area (Å²) in [5, 5.41) is 0. The van der Waals surface area contributed by atoms with E-state index in [1.54, 1.807) is 6.08 Å². The molecule has 0 saturated carbocycles. The Bertz CT molecular complexity index is 117. The van der Waals surface area contributed by atoms with Crippen molar-refractivity contribution in [1.29, 1.82) is 0 Å². The first-order valence-corrected chi connectivity index (χ1v) is 4.76. The number of rotatable bonds is 9. The van der Waals surface area contributed by atoms with Crippen LogP contribution in [0, 0.1) is 0 Å². The number of hydrogen-bond acceptors (Lipinski definition) is 3. The zero-order valence-electron chi connectivity index (χ0n) is 8.79. The van der Waals surface area contributed by atoms with Crippen molar-refractivity contribution in [2.75, 3.05) is 46.6 Å². The van der Waals surface area contributed by atoms with Crippen molar-refractivity contribution in [3.8, 4) is 0 Å². The summed E-state index contributed by atoms with van der Waals surface area (Å²) < 4.78 is 10.5. The molecule has 0 radical (unpaired) electrons. The minimum atomic E-state index is 0.638. The van der Waals surface area contributed by atoms with Gasteiger partial charge in [-0.3, -0.25) is 0 Å². The third-order valence-corrected chi connectivity index (χ3v) is 1.67. The van der Waals surface area contributed by atoms with Crippen molar-refractivity contribution in [3.05, 3.63) is 12.7 Å². The molecular formula is C10H21NO2. The van der Waals surface area contributed by atoms with E-state index in [0.717, 1.165) is 32.9 Å². The maximum Gasteiger partial charge on any atom is 0.0645 e. The lowest BCUT2D eigenvalue weighted by molar-refractivity contribution is 0.0982. The molecule has 0 aromatic carbocycles. The fraction of sp³-hybridized carbons (Fsp3) is 0.800. The first kappa shape index (κ1) is 12.6. The van der Waals surface area contributed by atoms with Gasteiger partial charge in [-0.2, -0.15) is 0 Å². The van der Waals surface area contributed by atoms with Gasteiger partial charge in [0, 0.05) is 19.7 Å². The highest BCUT2D eigenvalue weighted by Gasteiger charge is 1.96. The van der Waals surface area contributed by atoms with Gasteiger partial charge in [-0.25, -0.2) is 0 Å². The Morgan fingerprint density at radius 1 is 1.23 bits per heavy atom. The van der Waals surface area contributed by atoms with E-state index in [2.05, 4.69) is 18.5 Å². The van der Waals surface area contributed by atoms with Crippen LogP contribution in [0.3, 0.4) is 0 Å². The molecule has 0 amide bonds. The van der Waals surface area contributed by atoms with Crippen LogP contribution in [0.2, 0.25) is 0 Å². The predicted octanol–water partition coefficient (Wildman–Crippen LogP) is 1.16. The molecule has 78 valence electrons. The van der Waals surface area contributed by atoms with E-state index in [0.29, 0.717) is 6.61 Å². The largest absolute Gasteiger partial charge is 0.380 e. The average molecular weight is 187 g/mol. The predicted molar refractivity (Wildman–Crippen MR) is 55.0 cm³/mol. The Kier molecular flexibility index (Phi) is 9.42. The Balaban J connectivity index is 3.09. The van der Waals surface area contributed by atoms with E-state index in [-0.39, 0.29) is 0 Å². The monoisotopic (exact) mass is 187 g/mol. The summed E-state index contributed by atoms with van der Waals surface area (Å²) in [6.07, 6.45) is 1.76. The first-order chi connectivity index (χ1) is 6.31. The molecule has 0 bridgehead atoms. The Hall–Kier alpha value is -0.380. The molecule has 0 rings (SSSR count). The highest BCUT2D eigenvalue weighted by Crippen LogP contribution is 1.84. The smallest absolute Gasteiger partial charge is 0.0645 e. The lowest BCUT2D eigenvalue weighted by atomic mass is 10.5. The Morgan fingerprint density at radius 3 is 2.38 bits per heavy atom. The zero-order chi connectivity index (χ0) is 9.94. The van der Waals surface area contributed by atoms with Crippen molar-refractivity contribution < 1.29 is 9.47 Å². The zero-order valence-corrected chi connectivity index (χ0v) is 8.79. The summed E-state index contributed by atoms with van der Waals surface area (Å²) in [5.74, 6) is 0. The Morgan fingerprint density at radius 2 is 1.85 bits per heavy atom. The number of nitrogens with zero attached hydrogens (tertiary/aromatic N) is 1. The van der Waals surface area contributed by atoms with Gasteiger partial charge in [0.15, 0.2) is 0 Å². The molecule has 0 fully saturated rings. The van der Waals surface area contributed by atoms with Gasteiger partial charge < -0.3 is 14.4 Å². The molecular weight excluding hydrogens is 166 g/mol. The molecule has 0 spiro atoms. The quantitative estimate of drug-likeness (QED) is 0.399. The van der Waals surface area contributed by atoms with Crippen LogP contribution in [0.5, 0.6) is 0 Å². The molecule has 0 unspecified atom stereocenters. The highest BCUT2D eigenvalue weighted by molar-refractivity contribution is 4.63. The number of ether oxygens (including phenoxy) is 2. The third-order valence-electron chi connectivity index (χ3n) is 1.67. The van der Waals surface area contributed by atoms with Crippen LogP contribution >= 0.6 is 0 Å². The topological polar surface area (TPSA) is 21.7 Å². The molecule has 13 heavy (non-hydrogen) atoms. The summed E-state index contributed by atoms with van der Waals surface area (Å²) in [6.45, 7) is 10.5. The lowest BCUT2D eigenvalue weighted by Crippen LogP contribution is -2.27. The van der Waals surface area contributed by atoms with Crippen LogP contribution in [0.4, 0.5) is 0 Å². The summed E-state index contributed by atoms with van der Waals surface area (Å²) >= 11 is 0. The minimum absolute atomic E-state index is 0.638. The van der Waals surface area contributed by atoms with E-state index in [1.807, 2.05) is 6.92 Å². The van der Waals surface area contributed by atoms with Gasteiger partial charge in [0.1, 0.15) is 0 Å². The maximum absolute atomic E-state index is 5.26. The summed E-state index contributed by atoms with van der Waals surface area (Å²) in [4.78, 5) is 2.19. The van der Waals surface area contributed by atoms with Gasteiger partial charge in [-0.15, -0.1) is 6.58 Å². The fourth-order valence-electron chi connectivity index (χ4n) is 0.864. The molecule has 0 saturated heterocycles. The molecule has 0 aromatic heterocycles. The second-order valence-electron chi connectivity index (χ2n) is 2.86. The summed E-state index contributed by atoms with van der Waals surface area (Å²) in [6, 6.07) is 0. The molecule has 0 heterocycles. The van der Waals surface area contributed by atoms with Crippen LogP contribution in [0.15, 0.2) is 12.7 Å². The van der Waals surface area contributed by atoms with Crippen LogP contribution in [0.1, 0.15) is 6.92 Å². The summed E-state index contributed by atoms with van der Waals surface area (Å²) in [7, 11) is 2.07. The standard InChI is InChI=1S/C10H21NO2/c1-4-8-13-10-7-11(3)6-9-12-5-2/h4H,1,5-10H2,2-3H3. The van der Waals surface area contributed by atoms with Gasteiger partial charge >= 0.3 is 0 Å². The lowest BCUT2D eigenvalue weighted by Gasteiger charge is -2.15.